The van der Waals surface area contributed by atoms with E-state index in [0.29, 0.717) is 19.0 Å². The fraction of sp³-hybridized carbons (Fsp3) is 0.538. The molecule has 102 valence electrons. The van der Waals surface area contributed by atoms with E-state index in [1.54, 1.807) is 6.07 Å². The highest BCUT2D eigenvalue weighted by molar-refractivity contribution is 5.52. The first-order valence-corrected chi connectivity index (χ1v) is 5.96. The van der Waals surface area contributed by atoms with Gasteiger partial charge in [-0.2, -0.15) is 13.2 Å². The van der Waals surface area contributed by atoms with Gasteiger partial charge < -0.3 is 11.1 Å². The monoisotopic (exact) mass is 260 g/mol. The number of benzene rings is 1. The molecule has 5 heteroatoms. The molecule has 0 aromatic heterocycles. The van der Waals surface area contributed by atoms with Gasteiger partial charge in [-0.25, -0.2) is 0 Å². The van der Waals surface area contributed by atoms with Crippen LogP contribution in [0.5, 0.6) is 0 Å². The molecule has 1 aromatic rings. The molecule has 0 spiro atoms. The third kappa shape index (κ3) is 3.91. The zero-order valence-electron chi connectivity index (χ0n) is 10.6. The molecule has 0 heterocycles. The number of alkyl halides is 3. The Morgan fingerprint density at radius 2 is 1.83 bits per heavy atom. The number of nitrogens with two attached hydrogens (primary N) is 1. The molecule has 0 bridgehead atoms. The predicted octanol–water partition coefficient (Wildman–Crippen LogP) is 3.35. The van der Waals surface area contributed by atoms with Crippen molar-refractivity contribution in [3.05, 3.63) is 29.8 Å². The van der Waals surface area contributed by atoms with Gasteiger partial charge in [-0.05, 0) is 30.5 Å². The highest BCUT2D eigenvalue weighted by atomic mass is 19.4. The minimum Gasteiger partial charge on any atom is -0.384 e. The van der Waals surface area contributed by atoms with Crippen LogP contribution in [0.1, 0.15) is 19.4 Å². The Balaban J connectivity index is 2.79. The maximum Gasteiger partial charge on any atom is 0.418 e. The van der Waals surface area contributed by atoms with Crippen molar-refractivity contribution in [2.45, 2.75) is 20.0 Å². The van der Waals surface area contributed by atoms with E-state index in [9.17, 15) is 13.2 Å². The molecule has 0 saturated heterocycles. The Hall–Kier alpha value is -1.23. The summed E-state index contributed by atoms with van der Waals surface area (Å²) in [5, 5.41) is 2.85. The Morgan fingerprint density at radius 3 is 2.33 bits per heavy atom. The molecule has 18 heavy (non-hydrogen) atoms. The van der Waals surface area contributed by atoms with E-state index in [1.165, 1.54) is 12.1 Å². The van der Waals surface area contributed by atoms with Crippen LogP contribution in [0.25, 0.3) is 0 Å². The lowest BCUT2D eigenvalue weighted by Crippen LogP contribution is -2.27. The Morgan fingerprint density at radius 1 is 1.22 bits per heavy atom. The molecule has 3 N–H and O–H groups in total. The second-order valence-electron chi connectivity index (χ2n) is 4.66. The molecule has 1 aromatic carbocycles. The van der Waals surface area contributed by atoms with E-state index >= 15 is 0 Å². The van der Waals surface area contributed by atoms with Gasteiger partial charge in [-0.3, -0.25) is 0 Å². The second kappa shape index (κ2) is 6.09. The first-order chi connectivity index (χ1) is 8.36. The van der Waals surface area contributed by atoms with Crippen LogP contribution >= 0.6 is 0 Å². The van der Waals surface area contributed by atoms with Crippen LogP contribution in [0.15, 0.2) is 24.3 Å². The lowest BCUT2D eigenvalue weighted by molar-refractivity contribution is -0.136. The molecule has 0 radical (unpaired) electrons. The SMILES string of the molecule is CC(C)C(CN)CNc1ccccc1C(F)(F)F. The van der Waals surface area contributed by atoms with Gasteiger partial charge in [0.15, 0.2) is 0 Å². The van der Waals surface area contributed by atoms with Crippen molar-refractivity contribution >= 4 is 5.69 Å². The van der Waals surface area contributed by atoms with Crippen LogP contribution in [0, 0.1) is 11.8 Å². The highest BCUT2D eigenvalue weighted by Crippen LogP contribution is 2.34. The van der Waals surface area contributed by atoms with Gasteiger partial charge in [0.1, 0.15) is 0 Å². The number of hydrogen-bond acceptors (Lipinski definition) is 2. The highest BCUT2D eigenvalue weighted by Gasteiger charge is 2.33. The van der Waals surface area contributed by atoms with Crippen LogP contribution in [-0.4, -0.2) is 13.1 Å². The van der Waals surface area contributed by atoms with Gasteiger partial charge in [0.05, 0.1) is 5.56 Å². The van der Waals surface area contributed by atoms with E-state index in [-0.39, 0.29) is 11.6 Å². The number of rotatable bonds is 5. The molecule has 0 saturated carbocycles. The van der Waals surface area contributed by atoms with Crippen LogP contribution in [0.2, 0.25) is 0 Å². The average molecular weight is 260 g/mol. The first kappa shape index (κ1) is 14.8. The van der Waals surface area contributed by atoms with Gasteiger partial charge >= 0.3 is 6.18 Å². The van der Waals surface area contributed by atoms with Crippen molar-refractivity contribution in [3.63, 3.8) is 0 Å². The van der Waals surface area contributed by atoms with Crippen molar-refractivity contribution < 1.29 is 13.2 Å². The summed E-state index contributed by atoms with van der Waals surface area (Å²) in [6, 6.07) is 5.49. The molecule has 0 fully saturated rings. The van der Waals surface area contributed by atoms with Crippen molar-refractivity contribution in [1.82, 2.24) is 0 Å². The summed E-state index contributed by atoms with van der Waals surface area (Å²) < 4.78 is 38.2. The molecule has 0 amide bonds. The van der Waals surface area contributed by atoms with E-state index < -0.39 is 11.7 Å². The van der Waals surface area contributed by atoms with E-state index in [1.807, 2.05) is 13.8 Å². The molecule has 1 unspecified atom stereocenters. The first-order valence-electron chi connectivity index (χ1n) is 5.96. The number of nitrogens with one attached hydrogen (secondary N) is 1. The number of hydrogen-bond donors (Lipinski definition) is 2. The summed E-state index contributed by atoms with van der Waals surface area (Å²) in [7, 11) is 0. The summed E-state index contributed by atoms with van der Waals surface area (Å²) in [5.41, 5.74) is 5.08. The smallest absolute Gasteiger partial charge is 0.384 e. The number of halogens is 3. The largest absolute Gasteiger partial charge is 0.418 e. The van der Waals surface area contributed by atoms with Gasteiger partial charge in [0.25, 0.3) is 0 Å². The van der Waals surface area contributed by atoms with E-state index in [2.05, 4.69) is 5.32 Å². The molecule has 1 rings (SSSR count). The molecular formula is C13H19F3N2. The van der Waals surface area contributed by atoms with E-state index in [0.717, 1.165) is 6.07 Å². The Kier molecular flexibility index (Phi) is 5.02. The lowest BCUT2D eigenvalue weighted by Gasteiger charge is -2.21. The third-order valence-electron chi connectivity index (χ3n) is 3.03. The summed E-state index contributed by atoms with van der Waals surface area (Å²) in [6.07, 6.45) is -4.33. The molecule has 2 nitrogen and oxygen atoms in total. The molecular weight excluding hydrogens is 241 g/mol. The van der Waals surface area contributed by atoms with Gasteiger partial charge in [0.2, 0.25) is 0 Å². The zero-order valence-corrected chi connectivity index (χ0v) is 10.6. The van der Waals surface area contributed by atoms with Crippen LogP contribution < -0.4 is 11.1 Å². The molecule has 0 aliphatic rings. The standard InChI is InChI=1S/C13H19F3N2/c1-9(2)10(7-17)8-18-12-6-4-3-5-11(12)13(14,15)16/h3-6,9-10,18H,7-8,17H2,1-2H3. The fourth-order valence-electron chi connectivity index (χ4n) is 1.72. The molecule has 0 aliphatic heterocycles. The summed E-state index contributed by atoms with van der Waals surface area (Å²) in [5.74, 6) is 0.492. The summed E-state index contributed by atoms with van der Waals surface area (Å²) in [6.45, 7) is 4.92. The van der Waals surface area contributed by atoms with Crippen molar-refractivity contribution in [2.24, 2.45) is 17.6 Å². The van der Waals surface area contributed by atoms with Crippen molar-refractivity contribution in [3.8, 4) is 0 Å². The second-order valence-corrected chi connectivity index (χ2v) is 4.66. The van der Waals surface area contributed by atoms with Crippen molar-refractivity contribution in [2.75, 3.05) is 18.4 Å². The van der Waals surface area contributed by atoms with Crippen LogP contribution in [0.3, 0.4) is 0 Å². The summed E-state index contributed by atoms with van der Waals surface area (Å²) in [4.78, 5) is 0. The lowest BCUT2D eigenvalue weighted by atomic mass is 9.96. The summed E-state index contributed by atoms with van der Waals surface area (Å²) >= 11 is 0. The average Bonchev–Trinajstić information content (AvgIpc) is 2.28. The fourth-order valence-corrected chi connectivity index (χ4v) is 1.72. The topological polar surface area (TPSA) is 38.0 Å². The van der Waals surface area contributed by atoms with Crippen molar-refractivity contribution in [1.29, 1.82) is 0 Å². The minimum atomic E-state index is -4.33. The normalized spacial score (nSPS) is 13.7. The quantitative estimate of drug-likeness (QED) is 0.852. The predicted molar refractivity (Wildman–Crippen MR) is 67.3 cm³/mol. The van der Waals surface area contributed by atoms with Gasteiger partial charge in [-0.1, -0.05) is 26.0 Å². The third-order valence-corrected chi connectivity index (χ3v) is 3.03. The molecule has 1 atom stereocenters. The maximum absolute atomic E-state index is 12.7. The van der Waals surface area contributed by atoms with Gasteiger partial charge in [-0.15, -0.1) is 0 Å². The maximum atomic E-state index is 12.7. The van der Waals surface area contributed by atoms with Gasteiger partial charge in [0, 0.05) is 12.2 Å². The minimum absolute atomic E-state index is 0.115. The van der Waals surface area contributed by atoms with E-state index in [4.69, 9.17) is 5.73 Å². The number of anilines is 1. The Bertz CT molecular complexity index is 375. The van der Waals surface area contributed by atoms with Crippen LogP contribution in [-0.2, 0) is 6.18 Å². The number of para-hydroxylation sites is 1. The molecule has 0 aliphatic carbocycles. The Labute approximate surface area is 105 Å². The zero-order chi connectivity index (χ0) is 13.8. The van der Waals surface area contributed by atoms with Crippen LogP contribution in [0.4, 0.5) is 18.9 Å².